The Balaban J connectivity index is 2.32. The molecule has 0 aliphatic heterocycles. The molecule has 0 amide bonds. The second kappa shape index (κ2) is 4.19. The Morgan fingerprint density at radius 1 is 1.33 bits per heavy atom. The molecule has 0 unspecified atom stereocenters. The van der Waals surface area contributed by atoms with Crippen LogP contribution in [0, 0.1) is 6.92 Å². The van der Waals surface area contributed by atoms with Crippen molar-refractivity contribution in [2.45, 2.75) is 26.2 Å². The van der Waals surface area contributed by atoms with Crippen LogP contribution in [0.4, 0.5) is 0 Å². The molecule has 0 radical (unpaired) electrons. The minimum Gasteiger partial charge on any atom is -0.289 e. The third-order valence-electron chi connectivity index (χ3n) is 2.64. The third-order valence-corrected chi connectivity index (χ3v) is 2.86. The lowest BCUT2D eigenvalue weighted by atomic mass is 10.0. The fourth-order valence-corrected chi connectivity index (χ4v) is 2.22. The molecule has 0 N–H and O–H groups in total. The summed E-state index contributed by atoms with van der Waals surface area (Å²) in [5.41, 5.74) is 2.69. The number of hydrogen-bond donors (Lipinski definition) is 0. The molecule has 0 fully saturated rings. The Labute approximate surface area is 94.8 Å². The zero-order chi connectivity index (χ0) is 10.8. The average molecular weight is 221 g/mol. The van der Waals surface area contributed by atoms with Crippen LogP contribution in [0.15, 0.2) is 29.8 Å². The highest BCUT2D eigenvalue weighted by Crippen LogP contribution is 2.23. The first-order valence-corrected chi connectivity index (χ1v) is 5.55. The number of benzene rings is 1. The lowest BCUT2D eigenvalue weighted by Crippen LogP contribution is -2.01. The highest BCUT2D eigenvalue weighted by Gasteiger charge is 2.15. The van der Waals surface area contributed by atoms with E-state index in [-0.39, 0.29) is 5.78 Å². The minimum atomic E-state index is 0.137. The minimum absolute atomic E-state index is 0.137. The summed E-state index contributed by atoms with van der Waals surface area (Å²) in [7, 11) is 0. The summed E-state index contributed by atoms with van der Waals surface area (Å²) in [5.74, 6) is 0.137. The second-order valence-corrected chi connectivity index (χ2v) is 4.40. The molecule has 0 aromatic heterocycles. The summed E-state index contributed by atoms with van der Waals surface area (Å²) in [6.45, 7) is 1.95. The smallest absolute Gasteiger partial charge is 0.188 e. The van der Waals surface area contributed by atoms with Crippen LogP contribution in [0.2, 0.25) is 5.02 Å². The summed E-state index contributed by atoms with van der Waals surface area (Å²) in [5, 5.41) is 0.636. The molecule has 1 aromatic carbocycles. The van der Waals surface area contributed by atoms with Gasteiger partial charge in [0, 0.05) is 10.6 Å². The quantitative estimate of drug-likeness (QED) is 0.690. The van der Waals surface area contributed by atoms with Gasteiger partial charge in [-0.25, -0.2) is 0 Å². The lowest BCUT2D eigenvalue weighted by Gasteiger charge is -2.03. The molecular weight excluding hydrogens is 208 g/mol. The maximum atomic E-state index is 12.0. The van der Waals surface area contributed by atoms with Gasteiger partial charge in [-0.05, 0) is 55.5 Å². The topological polar surface area (TPSA) is 17.1 Å². The highest BCUT2D eigenvalue weighted by molar-refractivity contribution is 6.31. The number of carbonyl (C=O) groups is 1. The summed E-state index contributed by atoms with van der Waals surface area (Å²) < 4.78 is 0. The molecule has 1 aliphatic rings. The van der Waals surface area contributed by atoms with Crippen molar-refractivity contribution in [1.29, 1.82) is 0 Å². The number of rotatable bonds is 2. The van der Waals surface area contributed by atoms with Gasteiger partial charge in [0.2, 0.25) is 0 Å². The number of ketones is 1. The largest absolute Gasteiger partial charge is 0.289 e. The van der Waals surface area contributed by atoms with Gasteiger partial charge < -0.3 is 0 Å². The first-order chi connectivity index (χ1) is 7.16. The molecule has 0 atom stereocenters. The molecular formula is C13H13ClO. The fourth-order valence-electron chi connectivity index (χ4n) is 1.93. The summed E-state index contributed by atoms with van der Waals surface area (Å²) in [4.78, 5) is 12.0. The van der Waals surface area contributed by atoms with Crippen molar-refractivity contribution < 1.29 is 4.79 Å². The number of carbonyl (C=O) groups excluding carboxylic acids is 1. The molecule has 78 valence electrons. The zero-order valence-corrected chi connectivity index (χ0v) is 9.47. The van der Waals surface area contributed by atoms with E-state index in [0.717, 1.165) is 30.4 Å². The van der Waals surface area contributed by atoms with Crippen LogP contribution in [-0.2, 0) is 0 Å². The van der Waals surface area contributed by atoms with Crippen LogP contribution in [0.25, 0.3) is 0 Å². The first kappa shape index (κ1) is 10.4. The third kappa shape index (κ3) is 2.29. The van der Waals surface area contributed by atoms with Gasteiger partial charge in [-0.3, -0.25) is 4.79 Å². The zero-order valence-electron chi connectivity index (χ0n) is 8.72. The van der Waals surface area contributed by atoms with E-state index in [0.29, 0.717) is 10.6 Å². The van der Waals surface area contributed by atoms with E-state index in [9.17, 15) is 4.79 Å². The molecule has 15 heavy (non-hydrogen) atoms. The Morgan fingerprint density at radius 3 is 2.73 bits per heavy atom. The van der Waals surface area contributed by atoms with E-state index in [4.69, 9.17) is 11.6 Å². The van der Waals surface area contributed by atoms with E-state index < -0.39 is 0 Å². The van der Waals surface area contributed by atoms with Crippen LogP contribution >= 0.6 is 11.6 Å². The number of hydrogen-bond acceptors (Lipinski definition) is 1. The normalized spacial score (nSPS) is 15.2. The molecule has 0 spiro atoms. The maximum Gasteiger partial charge on any atom is 0.188 e. The molecule has 0 heterocycles. The molecule has 2 heteroatoms. The second-order valence-electron chi connectivity index (χ2n) is 3.97. The monoisotopic (exact) mass is 220 g/mol. The Hall–Kier alpha value is -1.08. The van der Waals surface area contributed by atoms with E-state index in [1.165, 1.54) is 0 Å². The molecule has 0 saturated heterocycles. The van der Waals surface area contributed by atoms with E-state index in [2.05, 4.69) is 0 Å². The average Bonchev–Trinajstić information content (AvgIpc) is 2.67. The highest BCUT2D eigenvalue weighted by atomic mass is 35.5. The van der Waals surface area contributed by atoms with Crippen molar-refractivity contribution >= 4 is 17.4 Å². The van der Waals surface area contributed by atoms with Gasteiger partial charge in [0.25, 0.3) is 0 Å². The van der Waals surface area contributed by atoms with Crippen molar-refractivity contribution in [3.05, 3.63) is 46.0 Å². The van der Waals surface area contributed by atoms with Gasteiger partial charge >= 0.3 is 0 Å². The summed E-state index contributed by atoms with van der Waals surface area (Å²) in [6.07, 6.45) is 5.07. The van der Waals surface area contributed by atoms with Gasteiger partial charge in [-0.15, -0.1) is 0 Å². The number of aryl methyl sites for hydroxylation is 1. The fraction of sp³-hybridized carbons (Fsp3) is 0.308. The van der Waals surface area contributed by atoms with Gasteiger partial charge in [0.1, 0.15) is 0 Å². The van der Waals surface area contributed by atoms with Gasteiger partial charge in [-0.2, -0.15) is 0 Å². The standard InChI is InChI=1S/C13H13ClO/c1-9-6-11(8-12(14)7-9)13(15)10-4-2-3-5-10/h4,6-8H,2-3,5H2,1H3. The van der Waals surface area contributed by atoms with E-state index in [1.54, 1.807) is 6.07 Å². The summed E-state index contributed by atoms with van der Waals surface area (Å²) >= 11 is 5.93. The lowest BCUT2D eigenvalue weighted by molar-refractivity contribution is 0.103. The Bertz CT molecular complexity index is 412. The molecule has 0 bridgehead atoms. The van der Waals surface area contributed by atoms with Crippen molar-refractivity contribution in [2.24, 2.45) is 0 Å². The van der Waals surface area contributed by atoms with Gasteiger partial charge in [-0.1, -0.05) is 17.7 Å². The number of halogens is 1. The molecule has 0 saturated carbocycles. The molecule has 1 nitrogen and oxygen atoms in total. The number of Topliss-reactive ketones (excluding diaryl/α,β-unsaturated/α-hetero) is 1. The van der Waals surface area contributed by atoms with Crippen LogP contribution in [-0.4, -0.2) is 5.78 Å². The molecule has 2 rings (SSSR count). The van der Waals surface area contributed by atoms with E-state index >= 15 is 0 Å². The molecule has 1 aromatic rings. The van der Waals surface area contributed by atoms with Crippen molar-refractivity contribution in [3.8, 4) is 0 Å². The predicted octanol–water partition coefficient (Wildman–Crippen LogP) is 3.94. The van der Waals surface area contributed by atoms with Crippen LogP contribution < -0.4 is 0 Å². The Kier molecular flexibility index (Phi) is 2.92. The SMILES string of the molecule is Cc1cc(Cl)cc(C(=O)C2=CCCC2)c1. The van der Waals surface area contributed by atoms with Crippen molar-refractivity contribution in [3.63, 3.8) is 0 Å². The van der Waals surface area contributed by atoms with Crippen molar-refractivity contribution in [1.82, 2.24) is 0 Å². The van der Waals surface area contributed by atoms with Gasteiger partial charge in [0.15, 0.2) is 5.78 Å². The predicted molar refractivity (Wildman–Crippen MR) is 62.5 cm³/mol. The Morgan fingerprint density at radius 2 is 2.13 bits per heavy atom. The van der Waals surface area contributed by atoms with Crippen LogP contribution in [0.5, 0.6) is 0 Å². The first-order valence-electron chi connectivity index (χ1n) is 5.18. The molecule has 1 aliphatic carbocycles. The van der Waals surface area contributed by atoms with Gasteiger partial charge in [0.05, 0.1) is 0 Å². The van der Waals surface area contributed by atoms with E-state index in [1.807, 2.05) is 25.1 Å². The summed E-state index contributed by atoms with van der Waals surface area (Å²) in [6, 6.07) is 5.50. The number of allylic oxidation sites excluding steroid dienone is 2. The van der Waals surface area contributed by atoms with Crippen LogP contribution in [0.3, 0.4) is 0 Å². The maximum absolute atomic E-state index is 12.0. The van der Waals surface area contributed by atoms with Crippen molar-refractivity contribution in [2.75, 3.05) is 0 Å². The van der Waals surface area contributed by atoms with Crippen LogP contribution in [0.1, 0.15) is 35.2 Å².